The summed E-state index contributed by atoms with van der Waals surface area (Å²) in [5.41, 5.74) is 0. The first kappa shape index (κ1) is 13.1. The molecular weight excluding hydrogens is 220 g/mol. The van der Waals surface area contributed by atoms with Gasteiger partial charge in [-0.3, -0.25) is 5.10 Å². The average Bonchev–Trinajstić information content (AvgIpc) is 2.77. The van der Waals surface area contributed by atoms with Crippen molar-refractivity contribution in [2.24, 2.45) is 5.14 Å². The molecule has 0 saturated heterocycles. The van der Waals surface area contributed by atoms with Crippen molar-refractivity contribution in [3.8, 4) is 0 Å². The van der Waals surface area contributed by atoms with Crippen LogP contribution in [0, 0.1) is 0 Å². The number of H-pyrrole nitrogens is 1. The number of nitrogens with one attached hydrogen (secondary N) is 1. The number of aromatic amines is 1. The van der Waals surface area contributed by atoms with Crippen LogP contribution in [0.25, 0.3) is 0 Å². The van der Waals surface area contributed by atoms with E-state index in [4.69, 9.17) is 8.42 Å². The van der Waals surface area contributed by atoms with Crippen molar-refractivity contribution in [1.29, 1.82) is 0 Å². The lowest BCUT2D eigenvalue weighted by Gasteiger charge is -1.70. The van der Waals surface area contributed by atoms with Crippen molar-refractivity contribution in [2.75, 3.05) is 0 Å². The SMILES string of the molecule is N[SH](=O)=O.c1c[nH]nn1.c1cncnc1. The summed E-state index contributed by atoms with van der Waals surface area (Å²) in [6.07, 6.45) is 8.11. The summed E-state index contributed by atoms with van der Waals surface area (Å²) in [5, 5.41) is 13.3. The van der Waals surface area contributed by atoms with Gasteiger partial charge in [0.1, 0.15) is 6.33 Å². The third kappa shape index (κ3) is 14.9. The van der Waals surface area contributed by atoms with Crippen molar-refractivity contribution in [3.05, 3.63) is 37.2 Å². The molecule has 0 amide bonds. The molecule has 15 heavy (non-hydrogen) atoms. The van der Waals surface area contributed by atoms with Crippen LogP contribution in [0.2, 0.25) is 0 Å². The third-order valence-corrected chi connectivity index (χ3v) is 0.809. The Kier molecular flexibility index (Phi) is 8.94. The minimum absolute atomic E-state index is 1.50. The van der Waals surface area contributed by atoms with E-state index < -0.39 is 10.9 Å². The number of hydrogen-bond acceptors (Lipinski definition) is 6. The van der Waals surface area contributed by atoms with E-state index in [2.05, 4.69) is 30.5 Å². The molecule has 0 aliphatic heterocycles. The predicted molar refractivity (Wildman–Crippen MR) is 52.9 cm³/mol. The molecule has 82 valence electrons. The van der Waals surface area contributed by atoms with E-state index in [1.807, 2.05) is 0 Å². The zero-order chi connectivity index (χ0) is 11.4. The number of nitrogens with zero attached hydrogens (tertiary/aromatic N) is 4. The van der Waals surface area contributed by atoms with Gasteiger partial charge in [-0.05, 0) is 6.07 Å². The van der Waals surface area contributed by atoms with Gasteiger partial charge in [-0.25, -0.2) is 23.5 Å². The molecule has 0 bridgehead atoms. The van der Waals surface area contributed by atoms with Crippen molar-refractivity contribution in [2.45, 2.75) is 0 Å². The second-order valence-electron chi connectivity index (χ2n) is 1.85. The first-order chi connectivity index (χ1) is 7.23. The normalized spacial score (nSPS) is 8.13. The van der Waals surface area contributed by atoms with Gasteiger partial charge in [0.2, 0.25) is 0 Å². The van der Waals surface area contributed by atoms with Crippen molar-refractivity contribution < 1.29 is 8.42 Å². The van der Waals surface area contributed by atoms with Gasteiger partial charge in [0.25, 0.3) is 0 Å². The highest BCUT2D eigenvalue weighted by Crippen LogP contribution is 1.66. The molecular formula is C6H10N6O2S. The van der Waals surface area contributed by atoms with E-state index in [0.29, 0.717) is 0 Å². The maximum Gasteiger partial charge on any atom is 0.198 e. The zero-order valence-corrected chi connectivity index (χ0v) is 8.49. The summed E-state index contributed by atoms with van der Waals surface area (Å²) in [7, 11) is -2.62. The number of thiol groups is 1. The van der Waals surface area contributed by atoms with E-state index in [9.17, 15) is 0 Å². The molecule has 0 unspecified atom stereocenters. The summed E-state index contributed by atoms with van der Waals surface area (Å²) in [6.45, 7) is 0. The predicted octanol–water partition coefficient (Wildman–Crippen LogP) is -1.25. The fourth-order valence-corrected chi connectivity index (χ4v) is 0.420. The van der Waals surface area contributed by atoms with Gasteiger partial charge in [-0.15, -0.1) is 5.10 Å². The van der Waals surface area contributed by atoms with Crippen LogP contribution in [-0.2, 0) is 10.9 Å². The van der Waals surface area contributed by atoms with Crippen LogP contribution in [0.3, 0.4) is 0 Å². The quantitative estimate of drug-likeness (QED) is 0.485. The lowest BCUT2D eigenvalue weighted by Crippen LogP contribution is -1.85. The molecule has 0 aliphatic carbocycles. The van der Waals surface area contributed by atoms with Crippen molar-refractivity contribution in [3.63, 3.8) is 0 Å². The van der Waals surface area contributed by atoms with Gasteiger partial charge in [-0.1, -0.05) is 5.21 Å². The van der Waals surface area contributed by atoms with E-state index >= 15 is 0 Å². The molecule has 2 rings (SSSR count). The summed E-state index contributed by atoms with van der Waals surface area (Å²) in [6, 6.07) is 1.78. The van der Waals surface area contributed by atoms with E-state index in [1.54, 1.807) is 30.9 Å². The summed E-state index contributed by atoms with van der Waals surface area (Å²) >= 11 is 0. The maximum absolute atomic E-state index is 8.81. The molecule has 9 heteroatoms. The molecule has 0 aromatic carbocycles. The van der Waals surface area contributed by atoms with Crippen LogP contribution < -0.4 is 5.14 Å². The third-order valence-electron chi connectivity index (χ3n) is 0.809. The summed E-state index contributed by atoms with van der Waals surface area (Å²) < 4.78 is 17.6. The van der Waals surface area contributed by atoms with Crippen LogP contribution in [0.1, 0.15) is 0 Å². The highest BCUT2D eigenvalue weighted by molar-refractivity contribution is 7.69. The van der Waals surface area contributed by atoms with Crippen molar-refractivity contribution >= 4 is 10.9 Å². The van der Waals surface area contributed by atoms with E-state index in [-0.39, 0.29) is 0 Å². The van der Waals surface area contributed by atoms with Gasteiger partial charge in [0, 0.05) is 18.6 Å². The number of nitrogens with two attached hydrogens (primary N) is 1. The topological polar surface area (TPSA) is 128 Å². The summed E-state index contributed by atoms with van der Waals surface area (Å²) in [5.74, 6) is 0. The highest BCUT2D eigenvalue weighted by Gasteiger charge is 1.59. The second kappa shape index (κ2) is 10.2. The van der Waals surface area contributed by atoms with Gasteiger partial charge in [-0.2, -0.15) is 0 Å². The molecule has 2 aromatic heterocycles. The minimum atomic E-state index is -2.62. The largest absolute Gasteiger partial charge is 0.266 e. The highest BCUT2D eigenvalue weighted by atomic mass is 32.2. The monoisotopic (exact) mass is 230 g/mol. The van der Waals surface area contributed by atoms with Crippen LogP contribution in [0.15, 0.2) is 37.2 Å². The molecule has 3 N–H and O–H groups in total. The summed E-state index contributed by atoms with van der Waals surface area (Å²) in [4.78, 5) is 7.35. The van der Waals surface area contributed by atoms with Crippen LogP contribution >= 0.6 is 0 Å². The lowest BCUT2D eigenvalue weighted by molar-refractivity contribution is 0.616. The Balaban J connectivity index is 0.000000202. The standard InChI is InChI=1S/C4H4N2.C2H3N3.H3NO2S/c1-2-5-4-6-3-1;1-2-4-5-3-1;1-4(2)3/h1-4H;1-2H,(H,3,4,5);4H,(H2,1,2,3). The van der Waals surface area contributed by atoms with E-state index in [0.717, 1.165) is 0 Å². The zero-order valence-electron chi connectivity index (χ0n) is 7.59. The molecule has 0 radical (unpaired) electrons. The Bertz CT molecular complexity index is 324. The molecule has 0 aliphatic rings. The first-order valence-electron chi connectivity index (χ1n) is 3.63. The number of aromatic nitrogens is 5. The molecule has 0 saturated carbocycles. The molecule has 0 atom stereocenters. The molecule has 8 nitrogen and oxygen atoms in total. The molecule has 2 heterocycles. The molecule has 0 fully saturated rings. The van der Waals surface area contributed by atoms with Crippen LogP contribution in [0.4, 0.5) is 0 Å². The lowest BCUT2D eigenvalue weighted by atomic mass is 10.7. The Labute approximate surface area is 87.7 Å². The van der Waals surface area contributed by atoms with Gasteiger partial charge >= 0.3 is 0 Å². The Morgan fingerprint density at radius 1 is 1.13 bits per heavy atom. The van der Waals surface area contributed by atoms with Crippen molar-refractivity contribution in [1.82, 2.24) is 25.4 Å². The average molecular weight is 230 g/mol. The molecule has 0 spiro atoms. The number of hydrogen-bond donors (Lipinski definition) is 3. The smallest absolute Gasteiger partial charge is 0.198 e. The maximum atomic E-state index is 8.81. The van der Waals surface area contributed by atoms with Crippen LogP contribution in [0.5, 0.6) is 0 Å². The van der Waals surface area contributed by atoms with Gasteiger partial charge in [0.15, 0.2) is 10.9 Å². The van der Waals surface area contributed by atoms with Crippen LogP contribution in [-0.4, -0.2) is 33.8 Å². The fourth-order valence-electron chi connectivity index (χ4n) is 0.420. The van der Waals surface area contributed by atoms with Gasteiger partial charge in [0.05, 0.1) is 6.20 Å². The molecule has 2 aromatic rings. The Hall–Kier alpha value is -1.87. The second-order valence-corrected chi connectivity index (χ2v) is 2.42. The Morgan fingerprint density at radius 3 is 1.87 bits per heavy atom. The minimum Gasteiger partial charge on any atom is -0.266 e. The van der Waals surface area contributed by atoms with E-state index in [1.165, 1.54) is 6.33 Å². The number of rotatable bonds is 0. The van der Waals surface area contributed by atoms with Gasteiger partial charge < -0.3 is 0 Å². The Morgan fingerprint density at radius 2 is 1.73 bits per heavy atom. The first-order valence-corrected chi connectivity index (χ1v) is 4.87. The fraction of sp³-hybridized carbons (Fsp3) is 0.